The van der Waals surface area contributed by atoms with Crippen LogP contribution in [0.1, 0.15) is 11.1 Å². The largest absolute Gasteiger partial charge is 0.416 e. The van der Waals surface area contributed by atoms with E-state index in [4.69, 9.17) is 0 Å². The Morgan fingerprint density at radius 2 is 1.10 bits per heavy atom. The standard InChI is InChI=1S/C13H7F6N/c14-12(15,16)10-5-9(8-1-3-20-4-2-8)6-11(7-10)13(17,18)19/h1-7H. The number of pyridine rings is 1. The molecule has 0 bridgehead atoms. The van der Waals surface area contributed by atoms with Crippen molar-refractivity contribution in [2.75, 3.05) is 0 Å². The maximum absolute atomic E-state index is 12.7. The molecule has 0 aliphatic heterocycles. The molecule has 1 aromatic carbocycles. The second-order valence-corrected chi connectivity index (χ2v) is 4.03. The zero-order valence-corrected chi connectivity index (χ0v) is 9.76. The van der Waals surface area contributed by atoms with Gasteiger partial charge in [0.25, 0.3) is 0 Å². The molecule has 0 atom stereocenters. The van der Waals surface area contributed by atoms with E-state index in [1.165, 1.54) is 24.5 Å². The fourth-order valence-corrected chi connectivity index (χ4v) is 1.67. The molecule has 106 valence electrons. The molecule has 0 aliphatic rings. The molecule has 0 unspecified atom stereocenters. The van der Waals surface area contributed by atoms with Crippen molar-refractivity contribution in [3.8, 4) is 11.1 Å². The van der Waals surface area contributed by atoms with Gasteiger partial charge in [-0.2, -0.15) is 26.3 Å². The highest BCUT2D eigenvalue weighted by Gasteiger charge is 2.36. The zero-order chi connectivity index (χ0) is 15.0. The van der Waals surface area contributed by atoms with Crippen LogP contribution in [-0.2, 0) is 12.4 Å². The molecule has 20 heavy (non-hydrogen) atoms. The molecule has 0 radical (unpaired) electrons. The first-order valence-corrected chi connectivity index (χ1v) is 5.38. The minimum Gasteiger partial charge on any atom is -0.265 e. The molecule has 1 aromatic heterocycles. The molecule has 7 heteroatoms. The van der Waals surface area contributed by atoms with Crippen LogP contribution in [0, 0.1) is 0 Å². The first kappa shape index (κ1) is 14.4. The summed E-state index contributed by atoms with van der Waals surface area (Å²) in [6.45, 7) is 0. The summed E-state index contributed by atoms with van der Waals surface area (Å²) in [6, 6.07) is 4.16. The summed E-state index contributed by atoms with van der Waals surface area (Å²) < 4.78 is 76.0. The Kier molecular flexibility index (Phi) is 3.45. The van der Waals surface area contributed by atoms with Gasteiger partial charge < -0.3 is 0 Å². The maximum Gasteiger partial charge on any atom is 0.416 e. The molecule has 0 N–H and O–H groups in total. The number of alkyl halides is 6. The number of aromatic nitrogens is 1. The average Bonchev–Trinajstić information content (AvgIpc) is 2.37. The molecular weight excluding hydrogens is 284 g/mol. The first-order valence-electron chi connectivity index (χ1n) is 5.38. The average molecular weight is 291 g/mol. The van der Waals surface area contributed by atoms with Crippen molar-refractivity contribution in [2.45, 2.75) is 12.4 Å². The SMILES string of the molecule is FC(F)(F)c1cc(-c2ccncc2)cc(C(F)(F)F)c1. The summed E-state index contributed by atoms with van der Waals surface area (Å²) in [5, 5.41) is 0. The molecule has 0 aliphatic carbocycles. The Labute approximate surface area is 109 Å². The third-order valence-electron chi connectivity index (χ3n) is 2.60. The summed E-state index contributed by atoms with van der Waals surface area (Å²) in [5.74, 6) is 0. The Morgan fingerprint density at radius 1 is 0.650 bits per heavy atom. The van der Waals surface area contributed by atoms with Gasteiger partial charge in [-0.1, -0.05) is 0 Å². The lowest BCUT2D eigenvalue weighted by Gasteiger charge is -2.14. The van der Waals surface area contributed by atoms with Crippen LogP contribution in [0.25, 0.3) is 11.1 Å². The van der Waals surface area contributed by atoms with E-state index < -0.39 is 23.5 Å². The Morgan fingerprint density at radius 3 is 1.50 bits per heavy atom. The van der Waals surface area contributed by atoms with Gasteiger partial charge in [0.2, 0.25) is 0 Å². The highest BCUT2D eigenvalue weighted by atomic mass is 19.4. The van der Waals surface area contributed by atoms with Crippen LogP contribution in [0.15, 0.2) is 42.7 Å². The van der Waals surface area contributed by atoms with Crippen molar-refractivity contribution in [3.05, 3.63) is 53.9 Å². The number of halogens is 6. The van der Waals surface area contributed by atoms with Gasteiger partial charge in [0.1, 0.15) is 0 Å². The fourth-order valence-electron chi connectivity index (χ4n) is 1.67. The van der Waals surface area contributed by atoms with Crippen LogP contribution < -0.4 is 0 Å². The molecule has 2 rings (SSSR count). The molecule has 0 spiro atoms. The lowest BCUT2D eigenvalue weighted by atomic mass is 10.00. The highest BCUT2D eigenvalue weighted by Crippen LogP contribution is 2.38. The van der Waals surface area contributed by atoms with Crippen molar-refractivity contribution in [1.82, 2.24) is 4.98 Å². The Balaban J connectivity index is 2.64. The van der Waals surface area contributed by atoms with Crippen LogP contribution in [0.4, 0.5) is 26.3 Å². The van der Waals surface area contributed by atoms with Crippen LogP contribution in [0.5, 0.6) is 0 Å². The highest BCUT2D eigenvalue weighted by molar-refractivity contribution is 5.65. The van der Waals surface area contributed by atoms with Crippen LogP contribution >= 0.6 is 0 Å². The van der Waals surface area contributed by atoms with Crippen molar-refractivity contribution in [1.29, 1.82) is 0 Å². The number of hydrogen-bond donors (Lipinski definition) is 0. The van der Waals surface area contributed by atoms with Gasteiger partial charge in [-0.15, -0.1) is 0 Å². The molecule has 0 saturated heterocycles. The van der Waals surface area contributed by atoms with E-state index in [0.717, 1.165) is 0 Å². The molecule has 0 fully saturated rings. The van der Waals surface area contributed by atoms with E-state index in [-0.39, 0.29) is 17.2 Å². The molecule has 0 amide bonds. The van der Waals surface area contributed by atoms with E-state index in [0.29, 0.717) is 12.1 Å². The van der Waals surface area contributed by atoms with E-state index in [1.54, 1.807) is 0 Å². The minimum atomic E-state index is -4.84. The summed E-state index contributed by atoms with van der Waals surface area (Å²) >= 11 is 0. The third-order valence-corrected chi connectivity index (χ3v) is 2.60. The maximum atomic E-state index is 12.7. The van der Waals surface area contributed by atoms with E-state index in [1.807, 2.05) is 0 Å². The van der Waals surface area contributed by atoms with Gasteiger partial charge in [-0.05, 0) is 41.5 Å². The Bertz CT molecular complexity index is 568. The van der Waals surface area contributed by atoms with E-state index in [2.05, 4.69) is 4.98 Å². The molecule has 0 saturated carbocycles. The molecule has 2 aromatic rings. The van der Waals surface area contributed by atoms with Gasteiger partial charge in [0, 0.05) is 12.4 Å². The van der Waals surface area contributed by atoms with Crippen molar-refractivity contribution in [2.24, 2.45) is 0 Å². The van der Waals surface area contributed by atoms with Crippen LogP contribution in [-0.4, -0.2) is 4.98 Å². The zero-order valence-electron chi connectivity index (χ0n) is 9.76. The quantitative estimate of drug-likeness (QED) is 0.689. The van der Waals surface area contributed by atoms with E-state index >= 15 is 0 Å². The second-order valence-electron chi connectivity index (χ2n) is 4.03. The Hall–Kier alpha value is -2.05. The van der Waals surface area contributed by atoms with Crippen molar-refractivity contribution < 1.29 is 26.3 Å². The summed E-state index contributed by atoms with van der Waals surface area (Å²) in [4.78, 5) is 3.67. The van der Waals surface area contributed by atoms with Crippen LogP contribution in [0.3, 0.4) is 0 Å². The first-order chi connectivity index (χ1) is 9.18. The predicted molar refractivity (Wildman–Crippen MR) is 59.7 cm³/mol. The summed E-state index contributed by atoms with van der Waals surface area (Å²) in [6.07, 6.45) is -7.10. The minimum absolute atomic E-state index is 0.102. The lowest BCUT2D eigenvalue weighted by molar-refractivity contribution is -0.143. The smallest absolute Gasteiger partial charge is 0.265 e. The van der Waals surface area contributed by atoms with Crippen molar-refractivity contribution in [3.63, 3.8) is 0 Å². The topological polar surface area (TPSA) is 12.9 Å². The number of hydrogen-bond acceptors (Lipinski definition) is 1. The van der Waals surface area contributed by atoms with Gasteiger partial charge in [-0.3, -0.25) is 4.98 Å². The predicted octanol–water partition coefficient (Wildman–Crippen LogP) is 4.79. The summed E-state index contributed by atoms with van der Waals surface area (Å²) in [7, 11) is 0. The number of rotatable bonds is 1. The van der Waals surface area contributed by atoms with E-state index in [9.17, 15) is 26.3 Å². The normalized spacial score (nSPS) is 12.5. The van der Waals surface area contributed by atoms with Crippen LogP contribution in [0.2, 0.25) is 0 Å². The van der Waals surface area contributed by atoms with Gasteiger partial charge in [0.15, 0.2) is 0 Å². The van der Waals surface area contributed by atoms with Gasteiger partial charge >= 0.3 is 12.4 Å². The monoisotopic (exact) mass is 291 g/mol. The fraction of sp³-hybridized carbons (Fsp3) is 0.154. The van der Waals surface area contributed by atoms with Crippen molar-refractivity contribution >= 4 is 0 Å². The third kappa shape index (κ3) is 3.09. The molecule has 1 heterocycles. The number of nitrogens with zero attached hydrogens (tertiary/aromatic N) is 1. The van der Waals surface area contributed by atoms with Gasteiger partial charge in [-0.25, -0.2) is 0 Å². The summed E-state index contributed by atoms with van der Waals surface area (Å²) in [5.41, 5.74) is -2.59. The lowest BCUT2D eigenvalue weighted by Crippen LogP contribution is -2.11. The number of benzene rings is 1. The molecule has 1 nitrogen and oxygen atoms in total. The molecular formula is C13H7F6N. The van der Waals surface area contributed by atoms with Gasteiger partial charge in [0.05, 0.1) is 11.1 Å². The second kappa shape index (κ2) is 4.81.